The first-order chi connectivity index (χ1) is 8.48. The van der Waals surface area contributed by atoms with Crippen LogP contribution in [0.5, 0.6) is 0 Å². The molecule has 1 saturated carbocycles. The van der Waals surface area contributed by atoms with Crippen LogP contribution in [0.25, 0.3) is 0 Å². The summed E-state index contributed by atoms with van der Waals surface area (Å²) >= 11 is 3.06. The summed E-state index contributed by atoms with van der Waals surface area (Å²) in [6, 6.07) is 2.59. The number of benzene rings is 1. The van der Waals surface area contributed by atoms with Gasteiger partial charge in [-0.25, -0.2) is 8.78 Å². The fraction of sp³-hybridized carbons (Fsp3) is 0.571. The van der Waals surface area contributed by atoms with E-state index in [1.807, 2.05) is 6.92 Å². The maximum atomic E-state index is 13.9. The molecule has 0 radical (unpaired) electrons. The third-order valence-electron chi connectivity index (χ3n) is 4.04. The van der Waals surface area contributed by atoms with Gasteiger partial charge in [0.15, 0.2) is 0 Å². The maximum Gasteiger partial charge on any atom is 0.143 e. The summed E-state index contributed by atoms with van der Waals surface area (Å²) in [7, 11) is 0. The molecule has 1 nitrogen and oxygen atoms in total. The fourth-order valence-electron chi connectivity index (χ4n) is 2.98. The minimum absolute atomic E-state index is 0.00720. The van der Waals surface area contributed by atoms with Gasteiger partial charge in [-0.05, 0) is 46.8 Å². The molecule has 100 valence electrons. The van der Waals surface area contributed by atoms with E-state index in [4.69, 9.17) is 0 Å². The van der Waals surface area contributed by atoms with Crippen LogP contribution in [0.4, 0.5) is 8.78 Å². The highest BCUT2D eigenvalue weighted by Gasteiger charge is 2.41. The zero-order valence-electron chi connectivity index (χ0n) is 10.3. The smallest absolute Gasteiger partial charge is 0.143 e. The zero-order valence-corrected chi connectivity index (χ0v) is 11.9. The molecule has 1 aliphatic carbocycles. The van der Waals surface area contributed by atoms with Gasteiger partial charge in [-0.3, -0.25) is 0 Å². The van der Waals surface area contributed by atoms with Gasteiger partial charge < -0.3 is 5.11 Å². The van der Waals surface area contributed by atoms with E-state index in [1.54, 1.807) is 0 Å². The minimum atomic E-state index is -0.961. The van der Waals surface area contributed by atoms with E-state index in [1.165, 1.54) is 12.1 Å². The van der Waals surface area contributed by atoms with Crippen LogP contribution in [0, 0.1) is 17.6 Å². The molecule has 0 bridgehead atoms. The summed E-state index contributed by atoms with van der Waals surface area (Å²) in [5.41, 5.74) is -0.968. The van der Waals surface area contributed by atoms with Gasteiger partial charge in [-0.15, -0.1) is 0 Å². The molecular formula is C14H17BrF2O. The molecule has 1 fully saturated rings. The average Bonchev–Trinajstić information content (AvgIpc) is 2.71. The molecule has 1 aliphatic rings. The highest BCUT2D eigenvalue weighted by atomic mass is 79.9. The summed E-state index contributed by atoms with van der Waals surface area (Å²) in [6.07, 6.45) is 3.38. The van der Waals surface area contributed by atoms with Crippen LogP contribution >= 0.6 is 15.9 Å². The van der Waals surface area contributed by atoms with Gasteiger partial charge in [0.1, 0.15) is 11.6 Å². The highest BCUT2D eigenvalue weighted by molar-refractivity contribution is 9.10. The number of halogens is 3. The Kier molecular flexibility index (Phi) is 4.07. The van der Waals surface area contributed by atoms with E-state index in [0.717, 1.165) is 19.3 Å². The summed E-state index contributed by atoms with van der Waals surface area (Å²) in [5.74, 6) is -1.04. The largest absolute Gasteiger partial charge is 0.389 e. The standard InChI is InChI=1S/C14H17BrF2O/c1-2-9-4-3-7-14(9,18)8-10-12(16)6-5-11(15)13(10)17/h5-6,9,18H,2-4,7-8H2,1H3. The van der Waals surface area contributed by atoms with Crippen molar-refractivity contribution in [1.29, 1.82) is 0 Å². The summed E-state index contributed by atoms with van der Waals surface area (Å²) in [4.78, 5) is 0. The minimum Gasteiger partial charge on any atom is -0.389 e. The van der Waals surface area contributed by atoms with E-state index < -0.39 is 17.2 Å². The molecule has 2 rings (SSSR count). The average molecular weight is 319 g/mol. The molecule has 0 heterocycles. The molecule has 0 aromatic heterocycles. The van der Waals surface area contributed by atoms with Crippen molar-refractivity contribution in [2.45, 2.75) is 44.6 Å². The third kappa shape index (κ3) is 2.45. The second-order valence-corrected chi connectivity index (χ2v) is 5.95. The van der Waals surface area contributed by atoms with Crippen molar-refractivity contribution >= 4 is 15.9 Å². The zero-order chi connectivity index (χ0) is 13.3. The lowest BCUT2D eigenvalue weighted by Gasteiger charge is -2.30. The SMILES string of the molecule is CCC1CCCC1(O)Cc1c(F)ccc(Br)c1F. The van der Waals surface area contributed by atoms with Crippen LogP contribution in [-0.4, -0.2) is 10.7 Å². The van der Waals surface area contributed by atoms with Gasteiger partial charge in [0.2, 0.25) is 0 Å². The highest BCUT2D eigenvalue weighted by Crippen LogP contribution is 2.41. The summed E-state index contributed by atoms with van der Waals surface area (Å²) < 4.78 is 27.9. The Morgan fingerprint density at radius 3 is 2.83 bits per heavy atom. The topological polar surface area (TPSA) is 20.2 Å². The molecule has 0 aliphatic heterocycles. The Bertz CT molecular complexity index is 450. The predicted molar refractivity (Wildman–Crippen MR) is 70.3 cm³/mol. The van der Waals surface area contributed by atoms with Crippen molar-refractivity contribution in [1.82, 2.24) is 0 Å². The quantitative estimate of drug-likeness (QED) is 0.828. The molecule has 0 spiro atoms. The van der Waals surface area contributed by atoms with Crippen molar-refractivity contribution in [3.63, 3.8) is 0 Å². The van der Waals surface area contributed by atoms with Crippen molar-refractivity contribution < 1.29 is 13.9 Å². The molecular weight excluding hydrogens is 302 g/mol. The first-order valence-corrected chi connectivity index (χ1v) is 7.12. The number of rotatable bonds is 3. The monoisotopic (exact) mass is 318 g/mol. The maximum absolute atomic E-state index is 13.9. The van der Waals surface area contributed by atoms with Crippen LogP contribution < -0.4 is 0 Å². The molecule has 4 heteroatoms. The van der Waals surface area contributed by atoms with E-state index >= 15 is 0 Å². The molecule has 2 atom stereocenters. The predicted octanol–water partition coefficient (Wildman–Crippen LogP) is 4.21. The first kappa shape index (κ1) is 13.9. The van der Waals surface area contributed by atoms with Crippen LogP contribution in [0.1, 0.15) is 38.2 Å². The fourth-order valence-corrected chi connectivity index (χ4v) is 3.35. The second-order valence-electron chi connectivity index (χ2n) is 5.10. The Hall–Kier alpha value is -0.480. The van der Waals surface area contributed by atoms with E-state index in [-0.39, 0.29) is 22.4 Å². The summed E-state index contributed by atoms with van der Waals surface area (Å²) in [6.45, 7) is 2.01. The van der Waals surface area contributed by atoms with Crippen molar-refractivity contribution in [3.8, 4) is 0 Å². The van der Waals surface area contributed by atoms with Crippen LogP contribution in [0.3, 0.4) is 0 Å². The molecule has 1 aromatic carbocycles. The van der Waals surface area contributed by atoms with E-state index in [0.29, 0.717) is 6.42 Å². The van der Waals surface area contributed by atoms with Gasteiger partial charge >= 0.3 is 0 Å². The molecule has 0 saturated heterocycles. The van der Waals surface area contributed by atoms with Crippen LogP contribution in [0.2, 0.25) is 0 Å². The molecule has 1 aromatic rings. The van der Waals surface area contributed by atoms with Crippen LogP contribution in [-0.2, 0) is 6.42 Å². The van der Waals surface area contributed by atoms with Gasteiger partial charge in [-0.1, -0.05) is 19.8 Å². The summed E-state index contributed by atoms with van der Waals surface area (Å²) in [5, 5.41) is 10.6. The van der Waals surface area contributed by atoms with Crippen molar-refractivity contribution in [2.75, 3.05) is 0 Å². The lowest BCUT2D eigenvalue weighted by molar-refractivity contribution is -0.00000990. The second kappa shape index (κ2) is 5.25. The van der Waals surface area contributed by atoms with Gasteiger partial charge in [0.05, 0.1) is 10.1 Å². The Morgan fingerprint density at radius 1 is 1.44 bits per heavy atom. The normalized spacial score (nSPS) is 27.7. The molecule has 2 unspecified atom stereocenters. The Balaban J connectivity index is 2.31. The van der Waals surface area contributed by atoms with Crippen molar-refractivity contribution in [3.05, 3.63) is 33.8 Å². The molecule has 18 heavy (non-hydrogen) atoms. The Morgan fingerprint density at radius 2 is 2.17 bits per heavy atom. The van der Waals surface area contributed by atoms with Gasteiger partial charge in [-0.2, -0.15) is 0 Å². The van der Waals surface area contributed by atoms with Crippen molar-refractivity contribution in [2.24, 2.45) is 5.92 Å². The lowest BCUT2D eigenvalue weighted by atomic mass is 9.83. The van der Waals surface area contributed by atoms with Gasteiger partial charge in [0, 0.05) is 12.0 Å². The third-order valence-corrected chi connectivity index (χ3v) is 4.65. The molecule has 0 amide bonds. The first-order valence-electron chi connectivity index (χ1n) is 6.32. The Labute approximate surface area is 114 Å². The lowest BCUT2D eigenvalue weighted by Crippen LogP contribution is -2.36. The van der Waals surface area contributed by atoms with E-state index in [2.05, 4.69) is 15.9 Å². The molecule has 1 N–H and O–H groups in total. The number of hydrogen-bond acceptors (Lipinski definition) is 1. The number of hydrogen-bond donors (Lipinski definition) is 1. The number of aliphatic hydroxyl groups is 1. The van der Waals surface area contributed by atoms with Gasteiger partial charge in [0.25, 0.3) is 0 Å². The van der Waals surface area contributed by atoms with E-state index in [9.17, 15) is 13.9 Å². The van der Waals surface area contributed by atoms with Crippen LogP contribution in [0.15, 0.2) is 16.6 Å².